The lowest BCUT2D eigenvalue weighted by Crippen LogP contribution is -2.33. The van der Waals surface area contributed by atoms with Gasteiger partial charge in [0.15, 0.2) is 0 Å². The Morgan fingerprint density at radius 3 is 2.74 bits per heavy atom. The summed E-state index contributed by atoms with van der Waals surface area (Å²) in [6.45, 7) is 1.76. The summed E-state index contributed by atoms with van der Waals surface area (Å²) in [4.78, 5) is 12.1. The molecule has 2 aromatic rings. The van der Waals surface area contributed by atoms with Gasteiger partial charge in [-0.3, -0.25) is 0 Å². The average molecular weight is 359 g/mol. The Bertz CT molecular complexity index is 1100. The highest BCUT2D eigenvalue weighted by Crippen LogP contribution is 2.23. The summed E-state index contributed by atoms with van der Waals surface area (Å²) in [5.41, 5.74) is 2.56. The predicted octanol–water partition coefficient (Wildman–Crippen LogP) is 2.77. The van der Waals surface area contributed by atoms with E-state index >= 15 is 0 Å². The van der Waals surface area contributed by atoms with Crippen molar-refractivity contribution in [2.24, 2.45) is 0 Å². The van der Waals surface area contributed by atoms with Crippen molar-refractivity contribution in [1.82, 2.24) is 5.32 Å². The summed E-state index contributed by atoms with van der Waals surface area (Å²) < 4.78 is 10.9. The number of fused-ring (bicyclic) bond motifs is 5. The smallest absolute Gasteiger partial charge is 0.431 e. The molecule has 1 heterocycles. The molecule has 1 saturated heterocycles. The van der Waals surface area contributed by atoms with Gasteiger partial charge in [0.2, 0.25) is 0 Å². The van der Waals surface area contributed by atoms with Crippen LogP contribution < -0.4 is 15.8 Å². The molecule has 0 saturated carbocycles. The summed E-state index contributed by atoms with van der Waals surface area (Å²) in [5, 5.41) is 8.15. The SMILES string of the molecule is O=C(OC1=CCc2c(ccc3c4c(ccc23)=CC=C4)=C1)OC1CCNCC1. The normalized spacial score (nSPS) is 18.1. The van der Waals surface area contributed by atoms with E-state index in [0.29, 0.717) is 5.76 Å². The molecule has 0 bridgehead atoms. The Morgan fingerprint density at radius 1 is 1.04 bits per heavy atom. The van der Waals surface area contributed by atoms with E-state index in [2.05, 4.69) is 47.8 Å². The molecule has 2 aromatic carbocycles. The molecule has 2 aliphatic carbocycles. The molecule has 0 radical (unpaired) electrons. The van der Waals surface area contributed by atoms with E-state index in [4.69, 9.17) is 9.47 Å². The monoisotopic (exact) mass is 359 g/mol. The van der Waals surface area contributed by atoms with Crippen LogP contribution in [-0.2, 0) is 15.9 Å². The van der Waals surface area contributed by atoms with Crippen molar-refractivity contribution in [3.63, 3.8) is 0 Å². The zero-order valence-corrected chi connectivity index (χ0v) is 15.0. The molecule has 4 heteroatoms. The van der Waals surface area contributed by atoms with Crippen LogP contribution in [0.4, 0.5) is 4.79 Å². The van der Waals surface area contributed by atoms with Crippen LogP contribution in [0.15, 0.2) is 42.2 Å². The number of hydrogen-bond acceptors (Lipinski definition) is 4. The van der Waals surface area contributed by atoms with E-state index in [1.165, 1.54) is 27.1 Å². The van der Waals surface area contributed by atoms with Gasteiger partial charge in [-0.05, 0) is 76.8 Å². The second-order valence-electron chi connectivity index (χ2n) is 7.20. The van der Waals surface area contributed by atoms with Crippen LogP contribution in [0, 0.1) is 0 Å². The molecular weight excluding hydrogens is 338 g/mol. The van der Waals surface area contributed by atoms with Gasteiger partial charge in [0.1, 0.15) is 11.9 Å². The van der Waals surface area contributed by atoms with Crippen molar-refractivity contribution in [2.45, 2.75) is 25.4 Å². The van der Waals surface area contributed by atoms with Crippen molar-refractivity contribution in [3.05, 3.63) is 63.7 Å². The number of rotatable bonds is 2. The number of allylic oxidation sites excluding steroid dienone is 3. The molecule has 1 fully saturated rings. The van der Waals surface area contributed by atoms with E-state index in [1.807, 2.05) is 12.2 Å². The first-order valence-electron chi connectivity index (χ1n) is 9.52. The number of ether oxygens (including phenoxy) is 2. The average Bonchev–Trinajstić information content (AvgIpc) is 3.17. The molecule has 0 aromatic heterocycles. The zero-order chi connectivity index (χ0) is 18.2. The molecule has 27 heavy (non-hydrogen) atoms. The highest BCUT2D eigenvalue weighted by molar-refractivity contribution is 5.96. The fraction of sp³-hybridized carbons (Fsp3) is 0.261. The van der Waals surface area contributed by atoms with Crippen LogP contribution in [0.5, 0.6) is 0 Å². The summed E-state index contributed by atoms with van der Waals surface area (Å²) in [6.07, 6.45) is 12.0. The molecule has 0 unspecified atom stereocenters. The maximum absolute atomic E-state index is 12.1. The standard InChI is InChI=1S/C23H21NO3/c25-23(26-17-10-12-24-13-11-17)27-18-6-9-20-16(14-18)5-8-21-19-3-1-2-15(19)4-7-22(20)21/h1-8,14,17,24H,9-13H2. The van der Waals surface area contributed by atoms with E-state index in [-0.39, 0.29) is 6.10 Å². The van der Waals surface area contributed by atoms with Crippen LogP contribution in [0.2, 0.25) is 0 Å². The van der Waals surface area contributed by atoms with Gasteiger partial charge in [-0.1, -0.05) is 42.5 Å². The molecular formula is C23H21NO3. The third-order valence-electron chi connectivity index (χ3n) is 5.52. The minimum Gasteiger partial charge on any atom is -0.431 e. The molecule has 1 N–H and O–H groups in total. The Labute approximate surface area is 157 Å². The lowest BCUT2D eigenvalue weighted by Gasteiger charge is -2.22. The van der Waals surface area contributed by atoms with Gasteiger partial charge in [0.05, 0.1) is 0 Å². The molecule has 0 spiro atoms. The second-order valence-corrected chi connectivity index (χ2v) is 7.20. The van der Waals surface area contributed by atoms with Gasteiger partial charge in [0, 0.05) is 0 Å². The quantitative estimate of drug-likeness (QED) is 0.838. The first kappa shape index (κ1) is 16.3. The van der Waals surface area contributed by atoms with Crippen molar-refractivity contribution < 1.29 is 14.3 Å². The molecule has 136 valence electrons. The summed E-state index contributed by atoms with van der Waals surface area (Å²) in [5.74, 6) is 0.565. The fourth-order valence-electron chi connectivity index (χ4n) is 4.12. The van der Waals surface area contributed by atoms with Crippen molar-refractivity contribution >= 4 is 35.2 Å². The van der Waals surface area contributed by atoms with Crippen LogP contribution >= 0.6 is 0 Å². The van der Waals surface area contributed by atoms with E-state index in [0.717, 1.165) is 37.6 Å². The van der Waals surface area contributed by atoms with Gasteiger partial charge in [-0.15, -0.1) is 0 Å². The van der Waals surface area contributed by atoms with Gasteiger partial charge in [-0.2, -0.15) is 0 Å². The van der Waals surface area contributed by atoms with Crippen molar-refractivity contribution in [3.8, 4) is 0 Å². The summed E-state index contributed by atoms with van der Waals surface area (Å²) in [7, 11) is 0. The topological polar surface area (TPSA) is 47.6 Å². The fourth-order valence-corrected chi connectivity index (χ4v) is 4.12. The number of piperidine rings is 1. The van der Waals surface area contributed by atoms with Gasteiger partial charge in [0.25, 0.3) is 0 Å². The first-order valence-corrected chi connectivity index (χ1v) is 9.52. The third-order valence-corrected chi connectivity index (χ3v) is 5.52. The van der Waals surface area contributed by atoms with Gasteiger partial charge >= 0.3 is 6.16 Å². The minimum atomic E-state index is -0.605. The first-order chi connectivity index (χ1) is 13.3. The highest BCUT2D eigenvalue weighted by Gasteiger charge is 2.20. The lowest BCUT2D eigenvalue weighted by atomic mass is 9.94. The van der Waals surface area contributed by atoms with Crippen LogP contribution in [0.1, 0.15) is 24.0 Å². The van der Waals surface area contributed by atoms with Gasteiger partial charge < -0.3 is 14.8 Å². The highest BCUT2D eigenvalue weighted by atomic mass is 16.7. The maximum atomic E-state index is 12.1. The van der Waals surface area contributed by atoms with Crippen LogP contribution in [-0.4, -0.2) is 25.3 Å². The Balaban J connectivity index is 1.39. The zero-order valence-electron chi connectivity index (χ0n) is 15.0. The summed E-state index contributed by atoms with van der Waals surface area (Å²) >= 11 is 0. The Kier molecular flexibility index (Phi) is 4.06. The van der Waals surface area contributed by atoms with Crippen LogP contribution in [0.3, 0.4) is 0 Å². The Hall–Kier alpha value is -2.85. The molecule has 0 amide bonds. The van der Waals surface area contributed by atoms with Gasteiger partial charge in [-0.25, -0.2) is 4.79 Å². The van der Waals surface area contributed by atoms with Crippen LogP contribution in [0.25, 0.3) is 29.0 Å². The predicted molar refractivity (Wildman–Crippen MR) is 106 cm³/mol. The van der Waals surface area contributed by atoms with Crippen molar-refractivity contribution in [1.29, 1.82) is 0 Å². The minimum absolute atomic E-state index is 0.0499. The second kappa shape index (κ2) is 6.71. The van der Waals surface area contributed by atoms with Crippen molar-refractivity contribution in [2.75, 3.05) is 13.1 Å². The van der Waals surface area contributed by atoms with E-state index in [9.17, 15) is 4.79 Å². The lowest BCUT2D eigenvalue weighted by molar-refractivity contribution is 0.0314. The molecule has 0 atom stereocenters. The number of hydrogen-bond donors (Lipinski definition) is 1. The number of nitrogens with one attached hydrogen (secondary N) is 1. The van der Waals surface area contributed by atoms with E-state index < -0.39 is 6.16 Å². The number of benzene rings is 2. The number of carbonyl (C=O) groups excluding carboxylic acids is 1. The molecule has 3 aliphatic rings. The molecule has 5 rings (SSSR count). The largest absolute Gasteiger partial charge is 0.514 e. The Morgan fingerprint density at radius 2 is 1.85 bits per heavy atom. The maximum Gasteiger partial charge on any atom is 0.514 e. The number of carbonyl (C=O) groups is 1. The molecule has 1 aliphatic heterocycles. The molecule has 4 nitrogen and oxygen atoms in total. The third kappa shape index (κ3) is 3.06. The summed E-state index contributed by atoms with van der Waals surface area (Å²) in [6, 6.07) is 8.63. The van der Waals surface area contributed by atoms with E-state index in [1.54, 1.807) is 0 Å².